The fourth-order valence-corrected chi connectivity index (χ4v) is 5.48. The second-order valence-electron chi connectivity index (χ2n) is 9.31. The number of likely N-dealkylation sites (tertiary alicyclic amines) is 1. The Morgan fingerprint density at radius 3 is 2.53 bits per heavy atom. The van der Waals surface area contributed by atoms with E-state index in [0.717, 1.165) is 30.5 Å². The molecule has 3 amide bonds. The molecule has 7 nitrogen and oxygen atoms in total. The maximum absolute atomic E-state index is 14.4. The Morgan fingerprint density at radius 1 is 1.09 bits per heavy atom. The molecule has 0 aromatic heterocycles. The molecule has 180 valence electrons. The SMILES string of the molecule is C[C@@H]1CCCN1C(=O)CNCCC1(C(N)=O)c2ccc(C(N)=O)cc2CCc2ccc(F)cc21. The number of carbonyl (C=O) groups excluding carboxylic acids is 3. The number of nitrogens with two attached hydrogens (primary N) is 2. The molecule has 4 rings (SSSR count). The number of halogens is 1. The molecule has 1 aliphatic carbocycles. The Morgan fingerprint density at radius 2 is 1.85 bits per heavy atom. The Labute approximate surface area is 198 Å². The van der Waals surface area contributed by atoms with Gasteiger partial charge in [0.2, 0.25) is 17.7 Å². The van der Waals surface area contributed by atoms with Crippen LogP contribution in [0.15, 0.2) is 36.4 Å². The van der Waals surface area contributed by atoms with Gasteiger partial charge < -0.3 is 21.7 Å². The number of carbonyl (C=O) groups is 3. The first-order chi connectivity index (χ1) is 16.2. The van der Waals surface area contributed by atoms with Gasteiger partial charge in [-0.15, -0.1) is 0 Å². The number of rotatable bonds is 7. The number of nitrogens with one attached hydrogen (secondary N) is 1. The smallest absolute Gasteiger partial charge is 0.248 e. The summed E-state index contributed by atoms with van der Waals surface area (Å²) in [5.41, 5.74) is 13.4. The van der Waals surface area contributed by atoms with Crippen LogP contribution >= 0.6 is 0 Å². The van der Waals surface area contributed by atoms with E-state index in [-0.39, 0.29) is 24.9 Å². The van der Waals surface area contributed by atoms with Gasteiger partial charge in [-0.3, -0.25) is 14.4 Å². The fourth-order valence-electron chi connectivity index (χ4n) is 5.48. The molecule has 8 heteroatoms. The minimum atomic E-state index is -1.31. The van der Waals surface area contributed by atoms with Gasteiger partial charge in [0.15, 0.2) is 0 Å². The number of amides is 3. The Kier molecular flexibility index (Phi) is 6.70. The molecule has 1 heterocycles. The molecule has 1 unspecified atom stereocenters. The van der Waals surface area contributed by atoms with E-state index in [0.29, 0.717) is 36.1 Å². The van der Waals surface area contributed by atoms with Crippen molar-refractivity contribution in [3.8, 4) is 0 Å². The molecule has 34 heavy (non-hydrogen) atoms. The third-order valence-electron chi connectivity index (χ3n) is 7.29. The number of primary amides is 2. The first-order valence-corrected chi connectivity index (χ1v) is 11.8. The van der Waals surface area contributed by atoms with Crippen LogP contribution in [0.25, 0.3) is 0 Å². The summed E-state index contributed by atoms with van der Waals surface area (Å²) in [6.45, 7) is 3.28. The number of fused-ring (bicyclic) bond motifs is 2. The average Bonchev–Trinajstić information content (AvgIpc) is 3.18. The van der Waals surface area contributed by atoms with E-state index in [4.69, 9.17) is 11.5 Å². The van der Waals surface area contributed by atoms with Crippen molar-refractivity contribution < 1.29 is 18.8 Å². The van der Waals surface area contributed by atoms with E-state index in [2.05, 4.69) is 5.32 Å². The van der Waals surface area contributed by atoms with Crippen molar-refractivity contribution in [1.82, 2.24) is 10.2 Å². The second-order valence-corrected chi connectivity index (χ2v) is 9.31. The minimum absolute atomic E-state index is 0.0249. The largest absolute Gasteiger partial charge is 0.369 e. The lowest BCUT2D eigenvalue weighted by Gasteiger charge is -2.34. The molecular weight excluding hydrogens is 435 g/mol. The van der Waals surface area contributed by atoms with Crippen molar-refractivity contribution in [3.63, 3.8) is 0 Å². The van der Waals surface area contributed by atoms with E-state index in [1.807, 2.05) is 11.8 Å². The number of aryl methyl sites for hydroxylation is 2. The van der Waals surface area contributed by atoms with Crippen LogP contribution in [-0.2, 0) is 27.8 Å². The van der Waals surface area contributed by atoms with Crippen molar-refractivity contribution >= 4 is 17.7 Å². The van der Waals surface area contributed by atoms with E-state index in [1.54, 1.807) is 24.3 Å². The molecule has 0 bridgehead atoms. The molecule has 0 radical (unpaired) electrons. The van der Waals surface area contributed by atoms with Crippen LogP contribution < -0.4 is 16.8 Å². The molecule has 1 aliphatic heterocycles. The quantitative estimate of drug-likeness (QED) is 0.539. The summed E-state index contributed by atoms with van der Waals surface area (Å²) in [5, 5.41) is 3.17. The average molecular weight is 467 g/mol. The molecular formula is C26H31FN4O3. The highest BCUT2D eigenvalue weighted by atomic mass is 19.1. The topological polar surface area (TPSA) is 119 Å². The summed E-state index contributed by atoms with van der Waals surface area (Å²) in [7, 11) is 0. The van der Waals surface area contributed by atoms with Gasteiger partial charge in [0.1, 0.15) is 11.2 Å². The maximum atomic E-state index is 14.4. The van der Waals surface area contributed by atoms with Crippen LogP contribution in [0.2, 0.25) is 0 Å². The molecule has 2 aromatic carbocycles. The monoisotopic (exact) mass is 466 g/mol. The lowest BCUT2D eigenvalue weighted by atomic mass is 9.69. The Balaban J connectivity index is 1.68. The standard InChI is InChI=1S/C26H31FN4O3/c1-16-3-2-12-31(16)23(32)15-30-11-10-26(25(29)34)21-9-7-19(24(28)33)13-18(21)5-4-17-6-8-20(27)14-22(17)26/h6-9,13-14,16,30H,2-5,10-12,15H2,1H3,(H2,28,33)(H2,29,34)/t16-,26?/m1/s1. The fraction of sp³-hybridized carbons (Fsp3) is 0.423. The summed E-state index contributed by atoms with van der Waals surface area (Å²) in [6.07, 6.45) is 3.37. The third kappa shape index (κ3) is 4.30. The van der Waals surface area contributed by atoms with Gasteiger partial charge in [-0.1, -0.05) is 12.1 Å². The van der Waals surface area contributed by atoms with E-state index in [9.17, 15) is 18.8 Å². The zero-order chi connectivity index (χ0) is 24.5. The van der Waals surface area contributed by atoms with Crippen molar-refractivity contribution in [2.75, 3.05) is 19.6 Å². The normalized spacial score (nSPS) is 21.5. The van der Waals surface area contributed by atoms with Crippen molar-refractivity contribution in [2.45, 2.75) is 50.5 Å². The van der Waals surface area contributed by atoms with Gasteiger partial charge in [-0.05, 0) is 92.1 Å². The number of hydrogen-bond acceptors (Lipinski definition) is 4. The summed E-state index contributed by atoms with van der Waals surface area (Å²) >= 11 is 0. The van der Waals surface area contributed by atoms with Crippen LogP contribution in [0.4, 0.5) is 4.39 Å². The number of hydrogen-bond donors (Lipinski definition) is 3. The molecule has 2 atom stereocenters. The van der Waals surface area contributed by atoms with Crippen LogP contribution in [0.3, 0.4) is 0 Å². The Hall–Kier alpha value is -3.26. The lowest BCUT2D eigenvalue weighted by molar-refractivity contribution is -0.130. The van der Waals surface area contributed by atoms with Gasteiger partial charge in [-0.2, -0.15) is 0 Å². The maximum Gasteiger partial charge on any atom is 0.248 e. The predicted molar refractivity (Wildman–Crippen MR) is 127 cm³/mol. The second kappa shape index (κ2) is 9.54. The van der Waals surface area contributed by atoms with E-state index < -0.39 is 23.0 Å². The summed E-state index contributed by atoms with van der Waals surface area (Å²) < 4.78 is 14.4. The van der Waals surface area contributed by atoms with Gasteiger partial charge >= 0.3 is 0 Å². The molecule has 1 saturated heterocycles. The molecule has 0 saturated carbocycles. The van der Waals surface area contributed by atoms with Crippen LogP contribution in [-0.4, -0.2) is 48.3 Å². The molecule has 5 N–H and O–H groups in total. The lowest BCUT2D eigenvalue weighted by Crippen LogP contribution is -2.46. The van der Waals surface area contributed by atoms with E-state index in [1.165, 1.54) is 12.1 Å². The summed E-state index contributed by atoms with van der Waals surface area (Å²) in [4.78, 5) is 39.4. The minimum Gasteiger partial charge on any atom is -0.369 e. The first kappa shape index (κ1) is 23.9. The van der Waals surface area contributed by atoms with Crippen molar-refractivity contribution in [2.24, 2.45) is 11.5 Å². The van der Waals surface area contributed by atoms with Gasteiger partial charge in [-0.25, -0.2) is 4.39 Å². The van der Waals surface area contributed by atoms with Crippen molar-refractivity contribution in [3.05, 3.63) is 70.0 Å². The molecule has 1 fully saturated rings. The molecule has 0 spiro atoms. The van der Waals surface area contributed by atoms with Crippen LogP contribution in [0.5, 0.6) is 0 Å². The van der Waals surface area contributed by atoms with Crippen LogP contribution in [0.1, 0.15) is 58.8 Å². The molecule has 2 aliphatic rings. The number of benzene rings is 2. The first-order valence-electron chi connectivity index (χ1n) is 11.8. The molecule has 2 aromatic rings. The zero-order valence-corrected chi connectivity index (χ0v) is 19.4. The van der Waals surface area contributed by atoms with Gasteiger partial charge in [0, 0.05) is 18.2 Å². The van der Waals surface area contributed by atoms with Gasteiger partial charge in [0.25, 0.3) is 0 Å². The van der Waals surface area contributed by atoms with Gasteiger partial charge in [0.05, 0.1) is 6.54 Å². The summed E-state index contributed by atoms with van der Waals surface area (Å²) in [6, 6.07) is 9.66. The highest BCUT2D eigenvalue weighted by Crippen LogP contribution is 2.42. The number of nitrogens with zero attached hydrogens (tertiary/aromatic N) is 1. The summed E-state index contributed by atoms with van der Waals surface area (Å²) in [5.74, 6) is -1.59. The highest BCUT2D eigenvalue weighted by Gasteiger charge is 2.44. The zero-order valence-electron chi connectivity index (χ0n) is 19.4. The van der Waals surface area contributed by atoms with Crippen LogP contribution in [0, 0.1) is 5.82 Å². The highest BCUT2D eigenvalue weighted by molar-refractivity contribution is 5.95. The third-order valence-corrected chi connectivity index (χ3v) is 7.29. The Bertz CT molecular complexity index is 1140. The van der Waals surface area contributed by atoms with E-state index >= 15 is 0 Å². The van der Waals surface area contributed by atoms with Crippen molar-refractivity contribution in [1.29, 1.82) is 0 Å². The predicted octanol–water partition coefficient (Wildman–Crippen LogP) is 1.79.